The number of nitrogens with zero attached hydrogens (tertiary/aromatic N) is 5. The lowest BCUT2D eigenvalue weighted by Gasteiger charge is -2.31. The van der Waals surface area contributed by atoms with Crippen molar-refractivity contribution in [2.24, 2.45) is 0 Å². The third-order valence-electron chi connectivity index (χ3n) is 5.65. The Kier molecular flexibility index (Phi) is 5.33. The number of aromatic nitrogens is 4. The minimum atomic E-state index is -0.347. The van der Waals surface area contributed by atoms with Crippen molar-refractivity contribution in [1.82, 2.24) is 19.2 Å². The molecule has 152 valence electrons. The molecule has 1 saturated carbocycles. The van der Waals surface area contributed by atoms with E-state index >= 15 is 0 Å². The molecule has 0 spiro atoms. The van der Waals surface area contributed by atoms with E-state index in [0.29, 0.717) is 17.5 Å². The lowest BCUT2D eigenvalue weighted by Crippen LogP contribution is -2.34. The van der Waals surface area contributed by atoms with Crippen LogP contribution in [0.15, 0.2) is 41.5 Å². The van der Waals surface area contributed by atoms with E-state index in [1.807, 2.05) is 38.2 Å². The molecular formula is C21H26N6O2. The first-order valence-electron chi connectivity index (χ1n) is 10.1. The minimum Gasteiger partial charge on any atom is -0.354 e. The summed E-state index contributed by atoms with van der Waals surface area (Å²) in [6, 6.07) is 7.92. The number of anilines is 2. The number of nitrogens with one attached hydrogen (secondary N) is 1. The molecule has 0 atom stereocenters. The lowest BCUT2D eigenvalue weighted by atomic mass is 9.94. The number of carbonyl (C=O) groups excluding carboxylic acids is 1. The molecule has 8 nitrogen and oxygen atoms in total. The first kappa shape index (κ1) is 19.2. The molecule has 1 amide bonds. The molecule has 0 bridgehead atoms. The number of fused-ring (bicyclic) bond motifs is 1. The normalized spacial score (nSPS) is 14.8. The van der Waals surface area contributed by atoms with E-state index in [9.17, 15) is 9.59 Å². The van der Waals surface area contributed by atoms with Gasteiger partial charge >= 0.3 is 5.69 Å². The number of hydrogen-bond donors (Lipinski definition) is 1. The Labute approximate surface area is 169 Å². The summed E-state index contributed by atoms with van der Waals surface area (Å²) in [5.74, 6) is 0.384. The summed E-state index contributed by atoms with van der Waals surface area (Å²) in [5.41, 5.74) is 1.83. The molecule has 2 aromatic heterocycles. The third kappa shape index (κ3) is 3.87. The fourth-order valence-corrected chi connectivity index (χ4v) is 3.97. The van der Waals surface area contributed by atoms with Crippen molar-refractivity contribution >= 4 is 23.1 Å². The standard InChI is InChI=1S/C21H26N6O2/c1-15-8-6-7-11-17(15)23-18(28)14-27-21(29)26-13-12-22-19(20(26)24-27)25(2)16-9-4-3-5-10-16/h6-8,11-13,16H,3-5,9-10,14H2,1-2H3,(H,23,28). The van der Waals surface area contributed by atoms with E-state index in [1.54, 1.807) is 12.4 Å². The molecule has 0 radical (unpaired) electrons. The van der Waals surface area contributed by atoms with E-state index < -0.39 is 0 Å². The summed E-state index contributed by atoms with van der Waals surface area (Å²) in [4.78, 5) is 31.9. The molecule has 1 aliphatic rings. The summed E-state index contributed by atoms with van der Waals surface area (Å²) in [6.07, 6.45) is 9.12. The summed E-state index contributed by atoms with van der Waals surface area (Å²) in [7, 11) is 2.01. The van der Waals surface area contributed by atoms with Gasteiger partial charge in [-0.3, -0.25) is 4.79 Å². The third-order valence-corrected chi connectivity index (χ3v) is 5.65. The van der Waals surface area contributed by atoms with E-state index in [2.05, 4.69) is 20.3 Å². The van der Waals surface area contributed by atoms with Gasteiger partial charge in [-0.25, -0.2) is 18.9 Å². The van der Waals surface area contributed by atoms with Gasteiger partial charge in [0, 0.05) is 31.2 Å². The Morgan fingerprint density at radius 1 is 1.24 bits per heavy atom. The van der Waals surface area contributed by atoms with Crippen LogP contribution in [0.2, 0.25) is 0 Å². The molecule has 3 aromatic rings. The number of aryl methyl sites for hydroxylation is 1. The zero-order valence-electron chi connectivity index (χ0n) is 16.8. The van der Waals surface area contributed by atoms with E-state index in [0.717, 1.165) is 24.1 Å². The zero-order chi connectivity index (χ0) is 20.4. The van der Waals surface area contributed by atoms with Crippen LogP contribution >= 0.6 is 0 Å². The van der Waals surface area contributed by atoms with E-state index in [4.69, 9.17) is 0 Å². The summed E-state index contributed by atoms with van der Waals surface area (Å²) in [6.45, 7) is 1.77. The first-order chi connectivity index (χ1) is 14.0. The monoisotopic (exact) mass is 394 g/mol. The second-order valence-electron chi connectivity index (χ2n) is 7.65. The van der Waals surface area contributed by atoms with E-state index in [1.165, 1.54) is 28.3 Å². The molecule has 8 heteroatoms. The van der Waals surface area contributed by atoms with Crippen LogP contribution < -0.4 is 15.9 Å². The largest absolute Gasteiger partial charge is 0.354 e. The van der Waals surface area contributed by atoms with Crippen LogP contribution in [0.25, 0.3) is 5.65 Å². The Bertz CT molecular complexity index is 1080. The van der Waals surface area contributed by atoms with Crippen LogP contribution in [0, 0.1) is 6.92 Å². The molecule has 1 aliphatic carbocycles. The maximum Gasteiger partial charge on any atom is 0.350 e. The van der Waals surface area contributed by atoms with Crippen LogP contribution in [0.3, 0.4) is 0 Å². The van der Waals surface area contributed by atoms with Gasteiger partial charge < -0.3 is 10.2 Å². The van der Waals surface area contributed by atoms with Crippen molar-refractivity contribution in [2.45, 2.75) is 51.6 Å². The SMILES string of the molecule is Cc1ccccc1NC(=O)Cn1nc2c(N(C)C3CCCCC3)nccn2c1=O. The number of benzene rings is 1. The van der Waals surface area contributed by atoms with Crippen molar-refractivity contribution in [3.8, 4) is 0 Å². The highest BCUT2D eigenvalue weighted by Gasteiger charge is 2.23. The van der Waals surface area contributed by atoms with Crippen molar-refractivity contribution in [3.05, 3.63) is 52.7 Å². The molecule has 1 aromatic carbocycles. The van der Waals surface area contributed by atoms with Gasteiger partial charge in [0.25, 0.3) is 0 Å². The Morgan fingerprint density at radius 3 is 2.76 bits per heavy atom. The number of carbonyl (C=O) groups is 1. The Hall–Kier alpha value is -3.16. The fourth-order valence-electron chi connectivity index (χ4n) is 3.97. The minimum absolute atomic E-state index is 0.151. The van der Waals surface area contributed by atoms with Crippen molar-refractivity contribution in [3.63, 3.8) is 0 Å². The van der Waals surface area contributed by atoms with Gasteiger partial charge in [0.2, 0.25) is 11.6 Å². The number of rotatable bonds is 5. The number of para-hydroxylation sites is 1. The fraction of sp³-hybridized carbons (Fsp3) is 0.429. The van der Waals surface area contributed by atoms with Crippen LogP contribution in [0.5, 0.6) is 0 Å². The van der Waals surface area contributed by atoms with Gasteiger partial charge in [0.05, 0.1) is 0 Å². The molecule has 4 rings (SSSR count). The van der Waals surface area contributed by atoms with Gasteiger partial charge in [-0.2, -0.15) is 0 Å². The van der Waals surface area contributed by atoms with Gasteiger partial charge in [-0.1, -0.05) is 37.5 Å². The number of hydrogen-bond acceptors (Lipinski definition) is 5. The summed E-state index contributed by atoms with van der Waals surface area (Å²) < 4.78 is 2.66. The first-order valence-corrected chi connectivity index (χ1v) is 10.1. The summed E-state index contributed by atoms with van der Waals surface area (Å²) in [5, 5.41) is 7.28. The predicted octanol–water partition coefficient (Wildman–Crippen LogP) is 2.61. The van der Waals surface area contributed by atoms with Crippen molar-refractivity contribution in [1.29, 1.82) is 0 Å². The molecule has 0 unspecified atom stereocenters. The second-order valence-corrected chi connectivity index (χ2v) is 7.65. The average molecular weight is 394 g/mol. The molecular weight excluding hydrogens is 368 g/mol. The molecule has 1 fully saturated rings. The van der Waals surface area contributed by atoms with Gasteiger partial charge in [0.1, 0.15) is 6.54 Å². The topological polar surface area (TPSA) is 84.5 Å². The number of amides is 1. The highest BCUT2D eigenvalue weighted by atomic mass is 16.2. The second kappa shape index (κ2) is 8.06. The Morgan fingerprint density at radius 2 is 2.00 bits per heavy atom. The quantitative estimate of drug-likeness (QED) is 0.719. The van der Waals surface area contributed by atoms with Crippen molar-refractivity contribution < 1.29 is 4.79 Å². The van der Waals surface area contributed by atoms with Gasteiger partial charge in [-0.05, 0) is 31.4 Å². The van der Waals surface area contributed by atoms with Gasteiger partial charge in [-0.15, -0.1) is 5.10 Å². The molecule has 2 heterocycles. The zero-order valence-corrected chi connectivity index (χ0v) is 16.8. The van der Waals surface area contributed by atoms with Crippen LogP contribution in [0.1, 0.15) is 37.7 Å². The van der Waals surface area contributed by atoms with Gasteiger partial charge in [0.15, 0.2) is 5.82 Å². The van der Waals surface area contributed by atoms with Crippen LogP contribution in [-0.4, -0.2) is 38.2 Å². The van der Waals surface area contributed by atoms with Crippen LogP contribution in [0.4, 0.5) is 11.5 Å². The molecule has 29 heavy (non-hydrogen) atoms. The molecule has 1 N–H and O–H groups in total. The average Bonchev–Trinajstić information content (AvgIpc) is 3.05. The van der Waals surface area contributed by atoms with E-state index in [-0.39, 0.29) is 18.1 Å². The smallest absolute Gasteiger partial charge is 0.350 e. The highest BCUT2D eigenvalue weighted by molar-refractivity contribution is 5.91. The summed E-state index contributed by atoms with van der Waals surface area (Å²) >= 11 is 0. The molecule has 0 saturated heterocycles. The maximum atomic E-state index is 12.8. The van der Waals surface area contributed by atoms with Crippen LogP contribution in [-0.2, 0) is 11.3 Å². The molecule has 0 aliphatic heterocycles. The van der Waals surface area contributed by atoms with Crippen molar-refractivity contribution in [2.75, 3.05) is 17.3 Å². The Balaban J connectivity index is 1.59. The predicted molar refractivity (Wildman–Crippen MR) is 112 cm³/mol. The highest BCUT2D eigenvalue weighted by Crippen LogP contribution is 2.26. The lowest BCUT2D eigenvalue weighted by molar-refractivity contribution is -0.117. The maximum absolute atomic E-state index is 12.8.